The number of ether oxygens (including phenoxy) is 1. The fourth-order valence-corrected chi connectivity index (χ4v) is 4.47. The molecule has 0 amide bonds. The second-order valence-corrected chi connectivity index (χ2v) is 8.63. The number of hydrogen-bond acceptors (Lipinski definition) is 7. The number of aromatic nitrogens is 2. The first-order valence-corrected chi connectivity index (χ1v) is 11.5. The van der Waals surface area contributed by atoms with Crippen LogP contribution < -0.4 is 19.9 Å². The first-order chi connectivity index (χ1) is 16.1. The van der Waals surface area contributed by atoms with E-state index in [1.54, 1.807) is 7.11 Å². The number of hydrogen-bond donors (Lipinski definition) is 1. The molecule has 0 spiro atoms. The lowest BCUT2D eigenvalue weighted by atomic mass is 9.95. The number of nitrogens with zero attached hydrogens (tertiary/aromatic N) is 4. The fourth-order valence-electron chi connectivity index (χ4n) is 4.47. The molecular formula is C26H29N5O2. The minimum absolute atomic E-state index is 0.127. The molecule has 3 aromatic rings. The summed E-state index contributed by atoms with van der Waals surface area (Å²) < 4.78 is 5.27. The van der Waals surface area contributed by atoms with E-state index in [2.05, 4.69) is 46.3 Å². The van der Waals surface area contributed by atoms with Gasteiger partial charge in [0.05, 0.1) is 18.4 Å². The van der Waals surface area contributed by atoms with Gasteiger partial charge in [-0.1, -0.05) is 17.7 Å². The molecule has 7 heteroatoms. The van der Waals surface area contributed by atoms with Crippen molar-refractivity contribution in [2.24, 2.45) is 0 Å². The lowest BCUT2D eigenvalue weighted by Gasteiger charge is -2.36. The zero-order chi connectivity index (χ0) is 22.8. The van der Waals surface area contributed by atoms with Gasteiger partial charge in [0.15, 0.2) is 5.78 Å². The third kappa shape index (κ3) is 4.49. The molecule has 1 aliphatic heterocycles. The van der Waals surface area contributed by atoms with Gasteiger partial charge in [0.25, 0.3) is 0 Å². The molecular weight excluding hydrogens is 414 g/mol. The average Bonchev–Trinajstić information content (AvgIpc) is 2.85. The van der Waals surface area contributed by atoms with E-state index >= 15 is 0 Å². The predicted octanol–water partition coefficient (Wildman–Crippen LogP) is 4.38. The van der Waals surface area contributed by atoms with E-state index in [0.29, 0.717) is 23.8 Å². The summed E-state index contributed by atoms with van der Waals surface area (Å²) in [4.78, 5) is 27.0. The number of rotatable bonds is 5. The predicted molar refractivity (Wildman–Crippen MR) is 131 cm³/mol. The Morgan fingerprint density at radius 2 is 1.58 bits per heavy atom. The lowest BCUT2D eigenvalue weighted by Crippen LogP contribution is -2.47. The summed E-state index contributed by atoms with van der Waals surface area (Å²) in [6, 6.07) is 16.3. The Labute approximate surface area is 194 Å². The van der Waals surface area contributed by atoms with E-state index in [-0.39, 0.29) is 5.78 Å². The Balaban J connectivity index is 1.38. The van der Waals surface area contributed by atoms with Gasteiger partial charge in [0, 0.05) is 44.0 Å². The number of Topliss-reactive ketones (excluding diaryl/α,β-unsaturated/α-hetero) is 1. The zero-order valence-electron chi connectivity index (χ0n) is 19.2. The van der Waals surface area contributed by atoms with Crippen LogP contribution in [-0.2, 0) is 6.42 Å². The summed E-state index contributed by atoms with van der Waals surface area (Å²) in [5.74, 6) is 2.32. The molecule has 0 bridgehead atoms. The van der Waals surface area contributed by atoms with Crippen LogP contribution in [0.3, 0.4) is 0 Å². The molecule has 0 atom stereocenters. The van der Waals surface area contributed by atoms with Crippen LogP contribution in [0.2, 0.25) is 0 Å². The minimum Gasteiger partial charge on any atom is -0.497 e. The molecule has 1 N–H and O–H groups in total. The van der Waals surface area contributed by atoms with Crippen LogP contribution in [0.1, 0.15) is 34.5 Å². The molecule has 170 valence electrons. The highest BCUT2D eigenvalue weighted by Crippen LogP contribution is 2.30. The molecule has 0 unspecified atom stereocenters. The minimum atomic E-state index is 0.127. The third-order valence-electron chi connectivity index (χ3n) is 6.38. The average molecular weight is 444 g/mol. The molecule has 7 nitrogen and oxygen atoms in total. The number of ketones is 1. The molecule has 2 heterocycles. The maximum absolute atomic E-state index is 12.7. The van der Waals surface area contributed by atoms with E-state index in [9.17, 15) is 4.79 Å². The van der Waals surface area contributed by atoms with Crippen LogP contribution >= 0.6 is 0 Å². The zero-order valence-corrected chi connectivity index (χ0v) is 19.2. The first-order valence-electron chi connectivity index (χ1n) is 11.5. The van der Waals surface area contributed by atoms with Crippen LogP contribution in [0.5, 0.6) is 5.75 Å². The highest BCUT2D eigenvalue weighted by molar-refractivity contribution is 6.03. The highest BCUT2D eigenvalue weighted by Gasteiger charge is 2.27. The van der Waals surface area contributed by atoms with Crippen LogP contribution in [0, 0.1) is 6.92 Å². The van der Waals surface area contributed by atoms with Crippen molar-refractivity contribution in [3.63, 3.8) is 0 Å². The number of carbonyl (C=O) groups is 1. The number of carbonyl (C=O) groups excluding carboxylic acids is 1. The maximum Gasteiger partial charge on any atom is 0.227 e. The number of benzene rings is 2. The molecule has 1 aromatic heterocycles. The normalized spacial score (nSPS) is 15.9. The summed E-state index contributed by atoms with van der Waals surface area (Å²) in [7, 11) is 1.68. The number of fused-ring (bicyclic) bond motifs is 1. The molecule has 1 aliphatic carbocycles. The highest BCUT2D eigenvalue weighted by atomic mass is 16.5. The smallest absolute Gasteiger partial charge is 0.227 e. The van der Waals surface area contributed by atoms with Gasteiger partial charge in [-0.3, -0.25) is 4.79 Å². The Hall–Kier alpha value is -3.61. The molecule has 2 aromatic carbocycles. The van der Waals surface area contributed by atoms with Crippen molar-refractivity contribution < 1.29 is 9.53 Å². The fraction of sp³-hybridized carbons (Fsp3) is 0.346. The number of piperazine rings is 1. The van der Waals surface area contributed by atoms with Gasteiger partial charge in [0.2, 0.25) is 5.95 Å². The summed E-state index contributed by atoms with van der Waals surface area (Å²) in [5, 5.41) is 3.39. The van der Waals surface area contributed by atoms with Crippen molar-refractivity contribution >= 4 is 28.9 Å². The van der Waals surface area contributed by atoms with Gasteiger partial charge in [-0.25, -0.2) is 4.98 Å². The molecule has 33 heavy (non-hydrogen) atoms. The Morgan fingerprint density at radius 3 is 2.27 bits per heavy atom. The van der Waals surface area contributed by atoms with E-state index in [4.69, 9.17) is 14.7 Å². The molecule has 5 rings (SSSR count). The molecule has 0 radical (unpaired) electrons. The van der Waals surface area contributed by atoms with Gasteiger partial charge < -0.3 is 19.9 Å². The van der Waals surface area contributed by atoms with Gasteiger partial charge >= 0.3 is 0 Å². The van der Waals surface area contributed by atoms with Gasteiger partial charge in [-0.05, 0) is 56.2 Å². The van der Waals surface area contributed by atoms with Gasteiger partial charge in [-0.2, -0.15) is 4.98 Å². The number of aryl methyl sites for hydroxylation is 2. The Kier molecular flexibility index (Phi) is 5.86. The van der Waals surface area contributed by atoms with E-state index in [0.717, 1.165) is 56.2 Å². The largest absolute Gasteiger partial charge is 0.497 e. The van der Waals surface area contributed by atoms with Crippen molar-refractivity contribution in [3.05, 3.63) is 65.4 Å². The van der Waals surface area contributed by atoms with Crippen LogP contribution in [0.4, 0.5) is 23.1 Å². The molecule has 2 aliphatic rings. The quantitative estimate of drug-likeness (QED) is 0.627. The van der Waals surface area contributed by atoms with Crippen molar-refractivity contribution in [1.29, 1.82) is 0 Å². The standard InChI is InChI=1S/C26H29N5O2/c1-18-6-8-19(9-7-18)27-25-24-22(4-3-5-23(24)32)28-26(29-25)31-16-14-30(15-17-31)20-10-12-21(33-2)13-11-20/h6-13H,3-5,14-17H2,1-2H3,(H,27,28,29). The monoisotopic (exact) mass is 443 g/mol. The number of nitrogens with one attached hydrogen (secondary N) is 1. The third-order valence-corrected chi connectivity index (χ3v) is 6.38. The SMILES string of the molecule is COc1ccc(N2CCN(c3nc4c(c(Nc5ccc(C)cc5)n3)C(=O)CCC4)CC2)cc1. The van der Waals surface area contributed by atoms with Crippen LogP contribution in [0.25, 0.3) is 0 Å². The number of anilines is 4. The Bertz CT molecular complexity index is 1140. The van der Waals surface area contributed by atoms with Crippen molar-refractivity contribution in [2.75, 3.05) is 48.4 Å². The van der Waals surface area contributed by atoms with Crippen molar-refractivity contribution in [3.8, 4) is 5.75 Å². The van der Waals surface area contributed by atoms with Gasteiger partial charge in [-0.15, -0.1) is 0 Å². The lowest BCUT2D eigenvalue weighted by molar-refractivity contribution is 0.0972. The van der Waals surface area contributed by atoms with E-state index < -0.39 is 0 Å². The van der Waals surface area contributed by atoms with E-state index in [1.165, 1.54) is 11.3 Å². The molecule has 0 saturated carbocycles. The summed E-state index contributed by atoms with van der Waals surface area (Å²) in [5.41, 5.74) is 4.83. The van der Waals surface area contributed by atoms with Crippen LogP contribution in [-0.4, -0.2) is 49.0 Å². The Morgan fingerprint density at radius 1 is 0.879 bits per heavy atom. The van der Waals surface area contributed by atoms with Crippen LogP contribution in [0.15, 0.2) is 48.5 Å². The van der Waals surface area contributed by atoms with Crippen molar-refractivity contribution in [2.45, 2.75) is 26.2 Å². The topological polar surface area (TPSA) is 70.6 Å². The van der Waals surface area contributed by atoms with E-state index in [1.807, 2.05) is 24.3 Å². The molecule has 1 saturated heterocycles. The summed E-state index contributed by atoms with van der Waals surface area (Å²) >= 11 is 0. The summed E-state index contributed by atoms with van der Waals surface area (Å²) in [6.07, 6.45) is 2.21. The van der Waals surface area contributed by atoms with Gasteiger partial charge in [0.1, 0.15) is 11.6 Å². The summed E-state index contributed by atoms with van der Waals surface area (Å²) in [6.45, 7) is 5.47. The first kappa shape index (κ1) is 21.2. The maximum atomic E-state index is 12.7. The second-order valence-electron chi connectivity index (χ2n) is 8.63. The number of methoxy groups -OCH3 is 1. The van der Waals surface area contributed by atoms with Crippen molar-refractivity contribution in [1.82, 2.24) is 9.97 Å². The molecule has 1 fully saturated rings. The second kappa shape index (κ2) is 9.10.